The Balaban J connectivity index is 1.71. The van der Waals surface area contributed by atoms with Crippen LogP contribution in [0.15, 0.2) is 45.9 Å². The number of piperidine rings is 1. The third-order valence-corrected chi connectivity index (χ3v) is 8.48. The highest BCUT2D eigenvalue weighted by Gasteiger charge is 2.25. The van der Waals surface area contributed by atoms with Crippen LogP contribution in [-0.4, -0.2) is 43.8 Å². The number of nitrogens with zero attached hydrogens (tertiary/aromatic N) is 4. The summed E-state index contributed by atoms with van der Waals surface area (Å²) in [6.07, 6.45) is 4.71. The van der Waals surface area contributed by atoms with E-state index < -0.39 is 9.84 Å². The fraction of sp³-hybridized carbons (Fsp3) is 0.346. The van der Waals surface area contributed by atoms with Crippen molar-refractivity contribution >= 4 is 54.8 Å². The zero-order chi connectivity index (χ0) is 26.7. The van der Waals surface area contributed by atoms with E-state index in [0.29, 0.717) is 33.4 Å². The predicted octanol–water partition coefficient (Wildman–Crippen LogP) is 5.29. The maximum absolute atomic E-state index is 12.0. The Kier molecular flexibility index (Phi) is 8.39. The van der Waals surface area contributed by atoms with Gasteiger partial charge in [0.1, 0.15) is 5.82 Å². The number of anilines is 3. The molecule has 3 aromatic rings. The summed E-state index contributed by atoms with van der Waals surface area (Å²) in [4.78, 5) is 11.8. The van der Waals surface area contributed by atoms with Gasteiger partial charge in [0.05, 0.1) is 21.0 Å². The number of rotatable bonds is 7. The molecule has 0 atom stereocenters. The fourth-order valence-corrected chi connectivity index (χ4v) is 5.72. The van der Waals surface area contributed by atoms with Crippen LogP contribution in [0.1, 0.15) is 35.1 Å². The Morgan fingerprint density at radius 3 is 2.49 bits per heavy atom. The van der Waals surface area contributed by atoms with Gasteiger partial charge in [-0.25, -0.2) is 13.4 Å². The lowest BCUT2D eigenvalue weighted by Gasteiger charge is -2.35. The Morgan fingerprint density at radius 2 is 1.89 bits per heavy atom. The summed E-state index contributed by atoms with van der Waals surface area (Å²) in [6, 6.07) is 10.9. The van der Waals surface area contributed by atoms with E-state index in [1.165, 1.54) is 12.3 Å². The van der Waals surface area contributed by atoms with Crippen LogP contribution in [0.25, 0.3) is 0 Å². The van der Waals surface area contributed by atoms with Gasteiger partial charge < -0.3 is 15.5 Å². The largest absolute Gasteiger partial charge is 0.339 e. The number of hydrogen-bond donors (Lipinski definition) is 2. The molecule has 194 valence electrons. The lowest BCUT2D eigenvalue weighted by molar-refractivity contribution is 0.424. The summed E-state index contributed by atoms with van der Waals surface area (Å²) >= 11 is 10.1. The molecule has 0 radical (unpaired) electrons. The summed E-state index contributed by atoms with van der Waals surface area (Å²) in [7, 11) is -3.36. The van der Waals surface area contributed by atoms with Crippen molar-refractivity contribution in [1.82, 2.24) is 15.3 Å². The van der Waals surface area contributed by atoms with E-state index in [0.717, 1.165) is 48.3 Å². The first-order chi connectivity index (χ1) is 17.6. The van der Waals surface area contributed by atoms with Crippen LogP contribution in [0.5, 0.6) is 0 Å². The van der Waals surface area contributed by atoms with E-state index in [9.17, 15) is 13.7 Å². The summed E-state index contributed by atoms with van der Waals surface area (Å²) in [5.41, 5.74) is 4.18. The third kappa shape index (κ3) is 6.41. The van der Waals surface area contributed by atoms with Crippen LogP contribution in [0.2, 0.25) is 5.02 Å². The topological polar surface area (TPSA) is 111 Å². The normalized spacial score (nSPS) is 14.3. The molecule has 0 amide bonds. The molecule has 1 aliphatic rings. The van der Waals surface area contributed by atoms with Gasteiger partial charge in [0.15, 0.2) is 9.84 Å². The van der Waals surface area contributed by atoms with E-state index in [1.54, 1.807) is 18.3 Å². The molecule has 1 aromatic heterocycles. The molecule has 8 nitrogen and oxygen atoms in total. The van der Waals surface area contributed by atoms with Crippen LogP contribution >= 0.6 is 27.5 Å². The number of aromatic nitrogens is 2. The molecular weight excluding hydrogens is 576 g/mol. The molecule has 0 unspecified atom stereocenters. The lowest BCUT2D eigenvalue weighted by Crippen LogP contribution is -2.43. The summed E-state index contributed by atoms with van der Waals surface area (Å²) in [5, 5.41) is 16.5. The number of nitriles is 1. The summed E-state index contributed by atoms with van der Waals surface area (Å²) in [6.45, 7) is 6.11. The second-order valence-corrected chi connectivity index (χ2v) is 12.5. The minimum Gasteiger partial charge on any atom is -0.339 e. The Hall–Kier alpha value is -2.71. The van der Waals surface area contributed by atoms with Crippen LogP contribution in [0.3, 0.4) is 0 Å². The van der Waals surface area contributed by atoms with Crippen molar-refractivity contribution in [2.75, 3.05) is 29.6 Å². The average molecular weight is 604 g/mol. The highest BCUT2D eigenvalue weighted by atomic mass is 79.9. The Morgan fingerprint density at radius 1 is 1.22 bits per heavy atom. The molecule has 1 saturated heterocycles. The van der Waals surface area contributed by atoms with Crippen LogP contribution in [0.4, 0.5) is 17.5 Å². The van der Waals surface area contributed by atoms with Gasteiger partial charge in [-0.1, -0.05) is 17.7 Å². The molecule has 0 aliphatic carbocycles. The predicted molar refractivity (Wildman–Crippen MR) is 150 cm³/mol. The van der Waals surface area contributed by atoms with Crippen molar-refractivity contribution in [3.63, 3.8) is 0 Å². The highest BCUT2D eigenvalue weighted by molar-refractivity contribution is 9.10. The molecule has 4 rings (SSSR count). The maximum atomic E-state index is 12.0. The number of hydrogen-bond acceptors (Lipinski definition) is 8. The molecule has 0 spiro atoms. The van der Waals surface area contributed by atoms with E-state index in [4.69, 9.17) is 16.6 Å². The second-order valence-electron chi connectivity index (χ2n) is 9.22. The molecule has 1 aliphatic heterocycles. The number of benzene rings is 2. The Labute approximate surface area is 231 Å². The number of nitrogens with one attached hydrogen (secondary N) is 2. The van der Waals surface area contributed by atoms with Gasteiger partial charge in [0, 0.05) is 35.7 Å². The van der Waals surface area contributed by atoms with Crippen molar-refractivity contribution in [3.05, 3.63) is 68.3 Å². The van der Waals surface area contributed by atoms with Crippen molar-refractivity contribution in [2.45, 2.75) is 44.2 Å². The molecule has 2 aromatic carbocycles. The Bertz CT molecular complexity index is 1450. The standard InChI is InChI=1S/C26H28BrClN6O2S/c1-16-10-18(13-29)11-17(2)24(16)32-25-22(27)14-31-26(33-25)34(20-6-8-30-9-7-20)15-19-4-5-21(12-23(19)28)37(3,35)36/h4-5,10-12,14,20,30H,6-9,15H2,1-3H3,(H,31,32,33). The smallest absolute Gasteiger partial charge is 0.227 e. The number of halogens is 2. The van der Waals surface area contributed by atoms with Crippen LogP contribution in [0, 0.1) is 25.2 Å². The van der Waals surface area contributed by atoms with Crippen molar-refractivity contribution in [2.24, 2.45) is 0 Å². The van der Waals surface area contributed by atoms with Crippen LogP contribution < -0.4 is 15.5 Å². The van der Waals surface area contributed by atoms with Crippen molar-refractivity contribution in [1.29, 1.82) is 5.26 Å². The number of aryl methyl sites for hydroxylation is 2. The monoisotopic (exact) mass is 602 g/mol. The molecule has 11 heteroatoms. The minimum atomic E-state index is -3.36. The van der Waals surface area contributed by atoms with E-state index in [2.05, 4.69) is 42.5 Å². The first kappa shape index (κ1) is 27.3. The van der Waals surface area contributed by atoms with E-state index in [-0.39, 0.29) is 10.9 Å². The van der Waals surface area contributed by atoms with Gasteiger partial charge in [-0.15, -0.1) is 0 Å². The highest BCUT2D eigenvalue weighted by Crippen LogP contribution is 2.32. The summed E-state index contributed by atoms with van der Waals surface area (Å²) < 4.78 is 24.6. The van der Waals surface area contributed by atoms with E-state index >= 15 is 0 Å². The maximum Gasteiger partial charge on any atom is 0.227 e. The van der Waals surface area contributed by atoms with Gasteiger partial charge in [-0.3, -0.25) is 0 Å². The molecule has 0 bridgehead atoms. The first-order valence-corrected chi connectivity index (χ1v) is 14.9. The van der Waals surface area contributed by atoms with Gasteiger partial charge in [0.25, 0.3) is 0 Å². The molecular formula is C26H28BrClN6O2S. The lowest BCUT2D eigenvalue weighted by atomic mass is 10.0. The molecule has 37 heavy (non-hydrogen) atoms. The zero-order valence-corrected chi connectivity index (χ0v) is 24.0. The van der Waals surface area contributed by atoms with Gasteiger partial charge in [0.2, 0.25) is 5.95 Å². The molecule has 2 heterocycles. The van der Waals surface area contributed by atoms with Gasteiger partial charge in [-0.05, 0) is 96.7 Å². The first-order valence-electron chi connectivity index (χ1n) is 11.8. The molecule has 1 fully saturated rings. The number of sulfone groups is 1. The van der Waals surface area contributed by atoms with E-state index in [1.807, 2.05) is 26.0 Å². The van der Waals surface area contributed by atoms with Gasteiger partial charge in [-0.2, -0.15) is 10.2 Å². The summed E-state index contributed by atoms with van der Waals surface area (Å²) in [5.74, 6) is 1.16. The molecule has 2 N–H and O–H groups in total. The third-order valence-electron chi connectivity index (χ3n) is 6.44. The fourth-order valence-electron chi connectivity index (χ4n) is 4.48. The minimum absolute atomic E-state index is 0.180. The zero-order valence-electron chi connectivity index (χ0n) is 20.8. The van der Waals surface area contributed by atoms with Crippen LogP contribution in [-0.2, 0) is 16.4 Å². The average Bonchev–Trinajstić information content (AvgIpc) is 2.86. The quantitative estimate of drug-likeness (QED) is 0.375. The second kappa shape index (κ2) is 11.4. The molecule has 0 saturated carbocycles. The van der Waals surface area contributed by atoms with Crippen molar-refractivity contribution < 1.29 is 8.42 Å². The van der Waals surface area contributed by atoms with Gasteiger partial charge >= 0.3 is 0 Å². The van der Waals surface area contributed by atoms with Crippen molar-refractivity contribution in [3.8, 4) is 6.07 Å². The SMILES string of the molecule is Cc1cc(C#N)cc(C)c1Nc1nc(N(Cc2ccc(S(C)(=O)=O)cc2Cl)C2CCNCC2)ncc1Br.